The molecule has 1 amide bonds. The molecule has 0 saturated carbocycles. The van der Waals surface area contributed by atoms with Gasteiger partial charge in [0.15, 0.2) is 0 Å². The molecule has 0 fully saturated rings. The van der Waals surface area contributed by atoms with Gasteiger partial charge in [0.1, 0.15) is 4.83 Å². The zero-order valence-electron chi connectivity index (χ0n) is 14.4. The smallest absolute Gasteiger partial charge is 0.262 e. The molecule has 0 spiro atoms. The van der Waals surface area contributed by atoms with Crippen LogP contribution < -0.4 is 10.9 Å². The van der Waals surface area contributed by atoms with E-state index in [-0.39, 0.29) is 17.9 Å². The highest BCUT2D eigenvalue weighted by Gasteiger charge is 2.20. The molecular weight excluding hydrogens is 368 g/mol. The normalized spacial score (nSPS) is 13.7. The summed E-state index contributed by atoms with van der Waals surface area (Å²) in [5.41, 5.74) is 1.18. The van der Waals surface area contributed by atoms with Crippen molar-refractivity contribution in [2.24, 2.45) is 0 Å². The molecule has 0 bridgehead atoms. The second-order valence-corrected chi connectivity index (χ2v) is 8.47. The van der Waals surface area contributed by atoms with Crippen LogP contribution in [0.2, 0.25) is 0 Å². The van der Waals surface area contributed by atoms with Crippen LogP contribution >= 0.6 is 22.7 Å². The molecule has 4 rings (SSSR count). The fourth-order valence-electron chi connectivity index (χ4n) is 3.34. The monoisotopic (exact) mass is 388 g/mol. The van der Waals surface area contributed by atoms with Crippen LogP contribution in [0, 0.1) is 0 Å². The number of fused-ring (bicyclic) bond motifs is 3. The maximum atomic E-state index is 12.8. The Bertz CT molecular complexity index is 975. The molecule has 1 aliphatic rings. The molecule has 3 aromatic rings. The molecule has 0 unspecified atom stereocenters. The van der Waals surface area contributed by atoms with Crippen LogP contribution in [-0.4, -0.2) is 27.0 Å². The number of thiophene rings is 1. The maximum Gasteiger partial charge on any atom is 0.262 e. The predicted octanol–water partition coefficient (Wildman–Crippen LogP) is 2.54. The first-order valence-electron chi connectivity index (χ1n) is 8.87. The number of carbonyl (C=O) groups is 1. The fraction of sp³-hybridized carbons (Fsp3) is 0.444. The van der Waals surface area contributed by atoms with Crippen LogP contribution in [0.15, 0.2) is 22.7 Å². The molecule has 0 radical (unpaired) electrons. The zero-order chi connectivity index (χ0) is 17.9. The lowest BCUT2D eigenvalue weighted by Crippen LogP contribution is -2.29. The average Bonchev–Trinajstić information content (AvgIpc) is 3.28. The summed E-state index contributed by atoms with van der Waals surface area (Å²) in [6.07, 6.45) is 8.69. The van der Waals surface area contributed by atoms with E-state index < -0.39 is 0 Å². The van der Waals surface area contributed by atoms with Crippen molar-refractivity contribution in [3.8, 4) is 0 Å². The number of hydrogen-bond donors (Lipinski definition) is 1. The Balaban J connectivity index is 1.40. The van der Waals surface area contributed by atoms with Crippen molar-refractivity contribution in [2.75, 3.05) is 6.54 Å². The highest BCUT2D eigenvalue weighted by Crippen LogP contribution is 2.33. The van der Waals surface area contributed by atoms with Gasteiger partial charge in [0.2, 0.25) is 5.91 Å². The number of hydrogen-bond acceptors (Lipinski definition) is 6. The molecule has 136 valence electrons. The van der Waals surface area contributed by atoms with Crippen LogP contribution in [0.5, 0.6) is 0 Å². The van der Waals surface area contributed by atoms with E-state index in [1.165, 1.54) is 16.9 Å². The van der Waals surface area contributed by atoms with E-state index in [1.54, 1.807) is 39.8 Å². The van der Waals surface area contributed by atoms with E-state index in [0.29, 0.717) is 13.1 Å². The van der Waals surface area contributed by atoms with Gasteiger partial charge in [0, 0.05) is 42.4 Å². The van der Waals surface area contributed by atoms with E-state index in [9.17, 15) is 9.59 Å². The molecular formula is C18H20N4O2S2. The summed E-state index contributed by atoms with van der Waals surface area (Å²) in [6.45, 7) is 0.923. The van der Waals surface area contributed by atoms with Crippen LogP contribution in [0.4, 0.5) is 0 Å². The molecule has 0 atom stereocenters. The lowest BCUT2D eigenvalue weighted by molar-refractivity contribution is -0.121. The van der Waals surface area contributed by atoms with Gasteiger partial charge < -0.3 is 5.32 Å². The standard InChI is InChI=1S/C18H20N4O2S2/c23-14(19-7-5-15-20-8-10-25-15)6-9-22-11-21-17-16(18(22)24)12-3-1-2-4-13(12)26-17/h8,10-11H,1-7,9H2,(H,19,23). The number of amides is 1. The molecule has 3 aromatic heterocycles. The third-order valence-corrected chi connectivity index (χ3v) is 6.71. The molecule has 1 aliphatic carbocycles. The lowest BCUT2D eigenvalue weighted by Gasteiger charge is -2.10. The van der Waals surface area contributed by atoms with Gasteiger partial charge in [0.05, 0.1) is 16.7 Å². The van der Waals surface area contributed by atoms with Crippen molar-refractivity contribution >= 4 is 38.8 Å². The molecule has 3 heterocycles. The van der Waals surface area contributed by atoms with Gasteiger partial charge in [0.25, 0.3) is 5.56 Å². The minimum atomic E-state index is -0.0547. The van der Waals surface area contributed by atoms with E-state index in [0.717, 1.165) is 40.9 Å². The van der Waals surface area contributed by atoms with Crippen molar-refractivity contribution < 1.29 is 4.79 Å². The Labute approximate surface area is 158 Å². The third kappa shape index (κ3) is 3.57. The zero-order valence-corrected chi connectivity index (χ0v) is 16.0. The first kappa shape index (κ1) is 17.4. The Morgan fingerprint density at radius 2 is 2.15 bits per heavy atom. The predicted molar refractivity (Wildman–Crippen MR) is 104 cm³/mol. The lowest BCUT2D eigenvalue weighted by atomic mass is 9.97. The second kappa shape index (κ2) is 7.67. The molecule has 0 aromatic carbocycles. The van der Waals surface area contributed by atoms with Crippen molar-refractivity contribution in [1.82, 2.24) is 19.9 Å². The Hall–Kier alpha value is -2.06. The summed E-state index contributed by atoms with van der Waals surface area (Å²) in [7, 11) is 0. The van der Waals surface area contributed by atoms with Crippen LogP contribution in [-0.2, 0) is 30.6 Å². The summed E-state index contributed by atoms with van der Waals surface area (Å²) in [5, 5.41) is 6.60. The number of thiazole rings is 1. The first-order chi connectivity index (χ1) is 12.7. The average molecular weight is 389 g/mol. The third-order valence-electron chi connectivity index (χ3n) is 4.67. The summed E-state index contributed by atoms with van der Waals surface area (Å²) in [6, 6.07) is 0. The second-order valence-electron chi connectivity index (χ2n) is 6.41. The molecule has 0 aliphatic heterocycles. The van der Waals surface area contributed by atoms with Crippen molar-refractivity contribution in [1.29, 1.82) is 0 Å². The van der Waals surface area contributed by atoms with Gasteiger partial charge in [-0.2, -0.15) is 0 Å². The molecule has 8 heteroatoms. The van der Waals surface area contributed by atoms with E-state index in [1.807, 2.05) is 5.38 Å². The summed E-state index contributed by atoms with van der Waals surface area (Å²) in [5.74, 6) is -0.0547. The molecule has 0 saturated heterocycles. The van der Waals surface area contributed by atoms with Crippen LogP contribution in [0.25, 0.3) is 10.2 Å². The SMILES string of the molecule is O=C(CCn1cnc2sc3c(c2c1=O)CCCC3)NCCc1nccs1. The highest BCUT2D eigenvalue weighted by molar-refractivity contribution is 7.18. The van der Waals surface area contributed by atoms with Gasteiger partial charge in [-0.1, -0.05) is 0 Å². The number of aromatic nitrogens is 3. The van der Waals surface area contributed by atoms with Gasteiger partial charge in [-0.15, -0.1) is 22.7 Å². The Morgan fingerprint density at radius 3 is 3.00 bits per heavy atom. The van der Waals surface area contributed by atoms with Crippen LogP contribution in [0.3, 0.4) is 0 Å². The van der Waals surface area contributed by atoms with Crippen LogP contribution in [0.1, 0.15) is 34.7 Å². The van der Waals surface area contributed by atoms with Gasteiger partial charge in [-0.05, 0) is 31.2 Å². The summed E-state index contributed by atoms with van der Waals surface area (Å²) < 4.78 is 1.57. The van der Waals surface area contributed by atoms with Crippen molar-refractivity contribution in [3.05, 3.63) is 43.7 Å². The van der Waals surface area contributed by atoms with E-state index >= 15 is 0 Å². The van der Waals surface area contributed by atoms with E-state index in [4.69, 9.17) is 0 Å². The van der Waals surface area contributed by atoms with Gasteiger partial charge in [-0.3, -0.25) is 14.2 Å². The fourth-order valence-corrected chi connectivity index (χ4v) is 5.18. The first-order valence-corrected chi connectivity index (χ1v) is 10.6. The number of nitrogens with one attached hydrogen (secondary N) is 1. The minimum absolute atomic E-state index is 0.00927. The summed E-state index contributed by atoms with van der Waals surface area (Å²) >= 11 is 3.23. The van der Waals surface area contributed by atoms with Gasteiger partial charge >= 0.3 is 0 Å². The number of nitrogens with zero attached hydrogens (tertiary/aromatic N) is 3. The number of carbonyl (C=O) groups excluding carboxylic acids is 1. The maximum absolute atomic E-state index is 12.8. The quantitative estimate of drug-likeness (QED) is 0.704. The molecule has 6 nitrogen and oxygen atoms in total. The largest absolute Gasteiger partial charge is 0.356 e. The van der Waals surface area contributed by atoms with E-state index in [2.05, 4.69) is 15.3 Å². The van der Waals surface area contributed by atoms with Crippen molar-refractivity contribution in [2.45, 2.75) is 45.1 Å². The highest BCUT2D eigenvalue weighted by atomic mass is 32.1. The van der Waals surface area contributed by atoms with Gasteiger partial charge in [-0.25, -0.2) is 9.97 Å². The Kier molecular flexibility index (Phi) is 5.12. The summed E-state index contributed by atoms with van der Waals surface area (Å²) in [4.78, 5) is 35.7. The number of aryl methyl sites for hydroxylation is 3. The molecule has 26 heavy (non-hydrogen) atoms. The Morgan fingerprint density at radius 1 is 1.27 bits per heavy atom. The topological polar surface area (TPSA) is 76.9 Å². The number of rotatable bonds is 6. The molecule has 1 N–H and O–H groups in total. The van der Waals surface area contributed by atoms with Crippen molar-refractivity contribution in [3.63, 3.8) is 0 Å². The minimum Gasteiger partial charge on any atom is -0.356 e.